The predicted molar refractivity (Wildman–Crippen MR) is 117 cm³/mol. The van der Waals surface area contributed by atoms with Crippen molar-refractivity contribution in [2.24, 2.45) is 39.7 Å². The average molecular weight is 416 g/mol. The minimum absolute atomic E-state index is 0.0913. The number of allylic oxidation sites excluding steroid dienone is 2. The molecule has 166 valence electrons. The molecule has 4 rings (SSSR count). The number of nitrogens with zero attached hydrogens (tertiary/aromatic N) is 1. The van der Waals surface area contributed by atoms with Crippen molar-refractivity contribution in [3.05, 3.63) is 24.3 Å². The van der Waals surface area contributed by atoms with Gasteiger partial charge in [0.25, 0.3) is 0 Å². The first kappa shape index (κ1) is 21.8. The van der Waals surface area contributed by atoms with E-state index in [0.717, 1.165) is 37.8 Å². The second-order valence-electron chi connectivity index (χ2n) is 10.6. The summed E-state index contributed by atoms with van der Waals surface area (Å²) in [6, 6.07) is 0. The lowest BCUT2D eigenvalue weighted by atomic mass is 9.47. The van der Waals surface area contributed by atoms with Crippen molar-refractivity contribution in [3.8, 4) is 0 Å². The molecule has 3 fully saturated rings. The molecule has 0 aromatic carbocycles. The lowest BCUT2D eigenvalue weighted by Crippen LogP contribution is -2.55. The van der Waals surface area contributed by atoms with Crippen LogP contribution in [0.3, 0.4) is 0 Å². The van der Waals surface area contributed by atoms with Gasteiger partial charge in [-0.2, -0.15) is 0 Å². The van der Waals surface area contributed by atoms with Gasteiger partial charge >= 0.3 is 0 Å². The summed E-state index contributed by atoms with van der Waals surface area (Å²) >= 11 is 0. The van der Waals surface area contributed by atoms with Crippen LogP contribution in [0.5, 0.6) is 0 Å². The molecule has 0 aromatic rings. The van der Waals surface area contributed by atoms with Crippen molar-refractivity contribution >= 4 is 11.5 Å². The number of rotatable bonds is 5. The molecule has 3 saturated carbocycles. The van der Waals surface area contributed by atoms with Gasteiger partial charge < -0.3 is 15.1 Å². The van der Waals surface area contributed by atoms with Gasteiger partial charge in [0, 0.05) is 18.3 Å². The molecule has 0 aromatic heterocycles. The van der Waals surface area contributed by atoms with Crippen molar-refractivity contribution in [1.82, 2.24) is 0 Å². The fourth-order valence-corrected chi connectivity index (χ4v) is 7.43. The van der Waals surface area contributed by atoms with E-state index in [9.17, 15) is 15.0 Å². The molecule has 0 spiro atoms. The first-order valence-corrected chi connectivity index (χ1v) is 11.6. The Kier molecular flexibility index (Phi) is 5.73. The average Bonchev–Trinajstić information content (AvgIpc) is 3.05. The van der Waals surface area contributed by atoms with Gasteiger partial charge in [-0.15, -0.1) is 6.58 Å². The number of carbonyl (C=O) groups excluding carboxylic acids is 1. The molecule has 0 radical (unpaired) electrons. The van der Waals surface area contributed by atoms with E-state index in [-0.39, 0.29) is 22.5 Å². The van der Waals surface area contributed by atoms with Crippen LogP contribution in [0, 0.1) is 34.5 Å². The molecule has 2 N–H and O–H groups in total. The molecule has 7 unspecified atom stereocenters. The van der Waals surface area contributed by atoms with Gasteiger partial charge in [-0.05, 0) is 74.2 Å². The molecule has 5 heteroatoms. The van der Waals surface area contributed by atoms with E-state index in [1.54, 1.807) is 0 Å². The highest BCUT2D eigenvalue weighted by Crippen LogP contribution is 2.65. The summed E-state index contributed by atoms with van der Waals surface area (Å²) in [5.41, 5.74) is 2.20. The largest absolute Gasteiger partial charge is 0.396 e. The molecular weight excluding hydrogens is 378 g/mol. The molecule has 0 bridgehead atoms. The molecule has 5 nitrogen and oxygen atoms in total. The molecule has 0 aliphatic heterocycles. The Morgan fingerprint density at radius 3 is 2.67 bits per heavy atom. The van der Waals surface area contributed by atoms with Gasteiger partial charge in [0.1, 0.15) is 6.61 Å². The quantitative estimate of drug-likeness (QED) is 0.307. The number of hydrogen-bond acceptors (Lipinski definition) is 5. The van der Waals surface area contributed by atoms with Crippen LogP contribution in [0.15, 0.2) is 29.5 Å². The third-order valence-electron chi connectivity index (χ3n) is 9.05. The van der Waals surface area contributed by atoms with Gasteiger partial charge in [-0.1, -0.05) is 30.7 Å². The molecule has 0 heterocycles. The Bertz CT molecular complexity index is 773. The molecule has 0 saturated heterocycles. The lowest BCUT2D eigenvalue weighted by Gasteiger charge is -2.57. The Hall–Kier alpha value is -1.46. The Balaban J connectivity index is 1.60. The summed E-state index contributed by atoms with van der Waals surface area (Å²) in [6.07, 6.45) is 8.20. The summed E-state index contributed by atoms with van der Waals surface area (Å²) in [6.45, 7) is 10.9. The second kappa shape index (κ2) is 7.90. The number of fused-ring (bicyclic) bond motifs is 5. The number of hydrogen-bond donors (Lipinski definition) is 2. The molecule has 30 heavy (non-hydrogen) atoms. The van der Waals surface area contributed by atoms with E-state index in [1.807, 2.05) is 12.2 Å². The summed E-state index contributed by atoms with van der Waals surface area (Å²) in [4.78, 5) is 18.6. The van der Waals surface area contributed by atoms with Gasteiger partial charge in [-0.25, -0.2) is 0 Å². The van der Waals surface area contributed by atoms with Crippen molar-refractivity contribution < 1.29 is 19.8 Å². The highest BCUT2D eigenvalue weighted by Gasteiger charge is 2.60. The van der Waals surface area contributed by atoms with Gasteiger partial charge in [-0.3, -0.25) is 4.79 Å². The van der Waals surface area contributed by atoms with E-state index >= 15 is 0 Å². The SMILES string of the molecule is C=CCCO/N=C(/C)C1CC[C@H]2C3=CC(=O)C4CC(O)C(O)CC4(C)C3CCC12C. The van der Waals surface area contributed by atoms with Crippen LogP contribution < -0.4 is 0 Å². The highest BCUT2D eigenvalue weighted by atomic mass is 16.6. The van der Waals surface area contributed by atoms with Crippen molar-refractivity contribution in [2.45, 2.75) is 77.9 Å². The van der Waals surface area contributed by atoms with Gasteiger partial charge in [0.2, 0.25) is 0 Å². The van der Waals surface area contributed by atoms with Crippen molar-refractivity contribution in [3.63, 3.8) is 0 Å². The van der Waals surface area contributed by atoms with Gasteiger partial charge in [0.05, 0.1) is 17.9 Å². The summed E-state index contributed by atoms with van der Waals surface area (Å²) in [5, 5.41) is 25.0. The fraction of sp³-hybridized carbons (Fsp3) is 0.760. The smallest absolute Gasteiger partial charge is 0.159 e. The molecule has 4 aliphatic carbocycles. The topological polar surface area (TPSA) is 79.1 Å². The van der Waals surface area contributed by atoms with E-state index in [1.165, 1.54) is 5.57 Å². The zero-order valence-corrected chi connectivity index (χ0v) is 18.6. The Morgan fingerprint density at radius 2 is 1.93 bits per heavy atom. The zero-order valence-electron chi connectivity index (χ0n) is 18.6. The molecule has 4 aliphatic rings. The zero-order chi connectivity index (χ0) is 21.7. The number of aliphatic hydroxyl groups excluding tert-OH is 2. The maximum atomic E-state index is 13.1. The van der Waals surface area contributed by atoms with Crippen LogP contribution in [0.1, 0.15) is 65.7 Å². The molecule has 0 amide bonds. The minimum Gasteiger partial charge on any atom is -0.396 e. The first-order valence-electron chi connectivity index (χ1n) is 11.6. The van der Waals surface area contributed by atoms with Crippen LogP contribution in [0.2, 0.25) is 0 Å². The van der Waals surface area contributed by atoms with Crippen LogP contribution in [-0.4, -0.2) is 40.5 Å². The minimum atomic E-state index is -0.786. The van der Waals surface area contributed by atoms with E-state index in [0.29, 0.717) is 37.2 Å². The number of carbonyl (C=O) groups is 1. The number of oxime groups is 1. The predicted octanol–water partition coefficient (Wildman–Crippen LogP) is 4.04. The maximum Gasteiger partial charge on any atom is 0.159 e. The molecular formula is C25H37NO4. The maximum absolute atomic E-state index is 13.1. The third kappa shape index (κ3) is 3.29. The normalized spacial score (nSPS) is 45.8. The van der Waals surface area contributed by atoms with E-state index < -0.39 is 12.2 Å². The summed E-state index contributed by atoms with van der Waals surface area (Å²) in [7, 11) is 0. The Labute approximate surface area is 180 Å². The lowest BCUT2D eigenvalue weighted by molar-refractivity contribution is -0.142. The fourth-order valence-electron chi connectivity index (χ4n) is 7.43. The first-order chi connectivity index (χ1) is 14.2. The number of aliphatic hydroxyl groups is 2. The highest BCUT2D eigenvalue weighted by molar-refractivity contribution is 5.95. The van der Waals surface area contributed by atoms with Crippen LogP contribution in [0.4, 0.5) is 0 Å². The molecule has 8 atom stereocenters. The standard InChI is InChI=1S/C25H37NO4/c1-5-6-11-30-26-15(2)17-7-8-18-16-12-21(27)20-13-22(28)23(29)14-25(20,4)19(16)9-10-24(17,18)3/h5,12,17-20,22-23,28-29H,1,6-11,13-14H2,2-4H3/b26-15-/t17?,18-,19?,20?,22?,23?,24?,25?/m0/s1. The van der Waals surface area contributed by atoms with E-state index in [2.05, 4.69) is 32.5 Å². The monoisotopic (exact) mass is 415 g/mol. The van der Waals surface area contributed by atoms with Crippen LogP contribution >= 0.6 is 0 Å². The third-order valence-corrected chi connectivity index (χ3v) is 9.05. The van der Waals surface area contributed by atoms with E-state index in [4.69, 9.17) is 4.84 Å². The van der Waals surface area contributed by atoms with Crippen LogP contribution in [0.25, 0.3) is 0 Å². The Morgan fingerprint density at radius 1 is 1.20 bits per heavy atom. The summed E-state index contributed by atoms with van der Waals surface area (Å²) < 4.78 is 0. The second-order valence-corrected chi connectivity index (χ2v) is 10.6. The van der Waals surface area contributed by atoms with Crippen molar-refractivity contribution in [2.75, 3.05) is 6.61 Å². The van der Waals surface area contributed by atoms with Crippen LogP contribution in [-0.2, 0) is 9.63 Å². The van der Waals surface area contributed by atoms with Gasteiger partial charge in [0.15, 0.2) is 5.78 Å². The number of ketones is 1. The summed E-state index contributed by atoms with van der Waals surface area (Å²) in [5.74, 6) is 1.05. The van der Waals surface area contributed by atoms with Crippen molar-refractivity contribution in [1.29, 1.82) is 0 Å².